The van der Waals surface area contributed by atoms with Crippen LogP contribution in [0.15, 0.2) is 40.9 Å². The Balaban J connectivity index is 1.61. The normalized spacial score (nSPS) is 10.5. The van der Waals surface area contributed by atoms with Crippen molar-refractivity contribution in [3.63, 3.8) is 0 Å². The van der Waals surface area contributed by atoms with E-state index in [2.05, 4.69) is 10.1 Å². The second-order valence-electron chi connectivity index (χ2n) is 7.02. The summed E-state index contributed by atoms with van der Waals surface area (Å²) in [7, 11) is 8.02. The Labute approximate surface area is 186 Å². The van der Waals surface area contributed by atoms with E-state index in [1.165, 1.54) is 0 Å². The molecule has 9 heteroatoms. The molecule has 0 unspecified atom stereocenters. The Hall–Kier alpha value is -3.75. The van der Waals surface area contributed by atoms with Gasteiger partial charge in [0.15, 0.2) is 11.5 Å². The maximum Gasteiger partial charge on any atom is 0.246 e. The van der Waals surface area contributed by atoms with E-state index >= 15 is 0 Å². The maximum absolute atomic E-state index is 12.6. The lowest BCUT2D eigenvalue weighted by molar-refractivity contribution is -0.130. The van der Waals surface area contributed by atoms with Crippen molar-refractivity contribution in [2.75, 3.05) is 35.5 Å². The van der Waals surface area contributed by atoms with Crippen LogP contribution < -0.4 is 18.9 Å². The molecule has 1 amide bonds. The number of methoxy groups -OCH3 is 4. The predicted octanol–water partition coefficient (Wildman–Crippen LogP) is 3.36. The molecule has 3 rings (SSSR count). The number of benzene rings is 2. The van der Waals surface area contributed by atoms with Gasteiger partial charge in [-0.15, -0.1) is 0 Å². The fourth-order valence-corrected chi connectivity index (χ4v) is 3.18. The summed E-state index contributed by atoms with van der Waals surface area (Å²) >= 11 is 0. The molecular weight excluding hydrogens is 414 g/mol. The van der Waals surface area contributed by atoms with Crippen molar-refractivity contribution in [1.29, 1.82) is 0 Å². The van der Waals surface area contributed by atoms with Gasteiger partial charge in [-0.25, -0.2) is 0 Å². The van der Waals surface area contributed by atoms with Crippen molar-refractivity contribution in [1.82, 2.24) is 15.0 Å². The summed E-state index contributed by atoms with van der Waals surface area (Å²) in [5.74, 6) is 3.19. The number of hydrogen-bond donors (Lipinski definition) is 0. The van der Waals surface area contributed by atoms with Gasteiger partial charge in [-0.3, -0.25) is 4.79 Å². The molecule has 0 saturated carbocycles. The molecule has 0 bridgehead atoms. The predicted molar refractivity (Wildman–Crippen MR) is 117 cm³/mol. The van der Waals surface area contributed by atoms with E-state index in [1.807, 2.05) is 18.2 Å². The number of carbonyl (C=O) groups is 1. The third-order valence-electron chi connectivity index (χ3n) is 4.99. The molecule has 3 aromatic rings. The average Bonchev–Trinajstić information content (AvgIpc) is 3.29. The van der Waals surface area contributed by atoms with Gasteiger partial charge < -0.3 is 28.4 Å². The Kier molecular flexibility index (Phi) is 7.54. The van der Waals surface area contributed by atoms with Gasteiger partial charge in [-0.1, -0.05) is 11.2 Å². The van der Waals surface area contributed by atoms with E-state index in [-0.39, 0.29) is 12.5 Å². The van der Waals surface area contributed by atoms with E-state index in [0.717, 1.165) is 5.56 Å². The SMILES string of the molecule is COc1ccc(-c2noc(CN(C)C(=O)CCc3ccc(OC)c(OC)c3)n2)c(OC)c1. The number of aryl methyl sites for hydroxylation is 1. The number of rotatable bonds is 10. The summed E-state index contributed by atoms with van der Waals surface area (Å²) in [6.07, 6.45) is 0.904. The van der Waals surface area contributed by atoms with Gasteiger partial charge >= 0.3 is 0 Å². The van der Waals surface area contributed by atoms with Gasteiger partial charge in [-0.2, -0.15) is 4.98 Å². The zero-order chi connectivity index (χ0) is 23.1. The number of nitrogens with zero attached hydrogens (tertiary/aromatic N) is 3. The Bertz CT molecular complexity index is 1070. The lowest BCUT2D eigenvalue weighted by atomic mass is 10.1. The summed E-state index contributed by atoms with van der Waals surface area (Å²) < 4.78 is 26.5. The van der Waals surface area contributed by atoms with Crippen LogP contribution in [0.1, 0.15) is 17.9 Å². The lowest BCUT2D eigenvalue weighted by Crippen LogP contribution is -2.26. The van der Waals surface area contributed by atoms with E-state index < -0.39 is 0 Å². The minimum atomic E-state index is -0.0402. The second kappa shape index (κ2) is 10.5. The van der Waals surface area contributed by atoms with Gasteiger partial charge in [0.2, 0.25) is 17.6 Å². The van der Waals surface area contributed by atoms with Crippen molar-refractivity contribution in [3.8, 4) is 34.4 Å². The average molecular weight is 441 g/mol. The monoisotopic (exact) mass is 441 g/mol. The topological polar surface area (TPSA) is 96.2 Å². The van der Waals surface area contributed by atoms with Crippen LogP contribution in [0.5, 0.6) is 23.0 Å². The molecule has 0 spiro atoms. The highest BCUT2D eigenvalue weighted by Gasteiger charge is 2.17. The first kappa shape index (κ1) is 22.9. The number of hydrogen-bond acceptors (Lipinski definition) is 8. The number of aromatic nitrogens is 2. The van der Waals surface area contributed by atoms with Crippen LogP contribution in [-0.4, -0.2) is 56.4 Å². The molecule has 0 atom stereocenters. The Morgan fingerprint density at radius 3 is 2.38 bits per heavy atom. The summed E-state index contributed by atoms with van der Waals surface area (Å²) in [4.78, 5) is 18.6. The van der Waals surface area contributed by atoms with Gasteiger partial charge in [-0.05, 0) is 36.2 Å². The van der Waals surface area contributed by atoms with Crippen molar-refractivity contribution in [3.05, 3.63) is 47.9 Å². The lowest BCUT2D eigenvalue weighted by Gasteiger charge is -2.15. The maximum atomic E-state index is 12.6. The minimum absolute atomic E-state index is 0.0402. The highest BCUT2D eigenvalue weighted by Crippen LogP contribution is 2.31. The number of carbonyl (C=O) groups excluding carboxylic acids is 1. The highest BCUT2D eigenvalue weighted by atomic mass is 16.5. The number of ether oxygens (including phenoxy) is 4. The van der Waals surface area contributed by atoms with Gasteiger partial charge in [0.25, 0.3) is 0 Å². The third-order valence-corrected chi connectivity index (χ3v) is 4.99. The standard InChI is InChI=1S/C23H27N3O6/c1-26(22(27)11-7-15-6-10-18(29-3)20(12-15)31-5)14-21-24-23(25-32-21)17-9-8-16(28-2)13-19(17)30-4/h6,8-10,12-13H,7,11,14H2,1-5H3. The molecule has 2 aromatic carbocycles. The fourth-order valence-electron chi connectivity index (χ4n) is 3.18. The van der Waals surface area contributed by atoms with Gasteiger partial charge in [0.05, 0.1) is 40.5 Å². The van der Waals surface area contributed by atoms with Crippen LogP contribution in [0.25, 0.3) is 11.4 Å². The molecule has 0 aliphatic rings. The van der Waals surface area contributed by atoms with Crippen LogP contribution in [-0.2, 0) is 17.8 Å². The van der Waals surface area contributed by atoms with E-state index in [1.54, 1.807) is 58.6 Å². The summed E-state index contributed by atoms with van der Waals surface area (Å²) in [5, 5.41) is 4.02. The zero-order valence-electron chi connectivity index (χ0n) is 18.9. The second-order valence-corrected chi connectivity index (χ2v) is 7.02. The van der Waals surface area contributed by atoms with Crippen LogP contribution in [0, 0.1) is 0 Å². The fraction of sp³-hybridized carbons (Fsp3) is 0.348. The highest BCUT2D eigenvalue weighted by molar-refractivity contribution is 5.76. The molecule has 0 N–H and O–H groups in total. The molecule has 0 saturated heterocycles. The molecule has 9 nitrogen and oxygen atoms in total. The van der Waals surface area contributed by atoms with Crippen molar-refractivity contribution >= 4 is 5.91 Å². The third kappa shape index (κ3) is 5.29. The van der Waals surface area contributed by atoms with Gasteiger partial charge in [0.1, 0.15) is 11.5 Å². The molecule has 170 valence electrons. The smallest absolute Gasteiger partial charge is 0.246 e. The first-order valence-electron chi connectivity index (χ1n) is 9.98. The largest absolute Gasteiger partial charge is 0.497 e. The first-order chi connectivity index (χ1) is 15.5. The summed E-state index contributed by atoms with van der Waals surface area (Å²) in [5.41, 5.74) is 1.65. The first-order valence-corrected chi connectivity index (χ1v) is 9.98. The molecule has 1 heterocycles. The molecule has 32 heavy (non-hydrogen) atoms. The van der Waals surface area contributed by atoms with Crippen molar-refractivity contribution < 1.29 is 28.3 Å². The van der Waals surface area contributed by atoms with Crippen LogP contribution in [0.3, 0.4) is 0 Å². The molecular formula is C23H27N3O6. The van der Waals surface area contributed by atoms with E-state index in [9.17, 15) is 4.79 Å². The van der Waals surface area contributed by atoms with E-state index in [0.29, 0.717) is 53.1 Å². The van der Waals surface area contributed by atoms with Crippen molar-refractivity contribution in [2.24, 2.45) is 0 Å². The van der Waals surface area contributed by atoms with E-state index in [4.69, 9.17) is 23.5 Å². The molecule has 0 radical (unpaired) electrons. The molecule has 0 fully saturated rings. The molecule has 0 aliphatic heterocycles. The number of amides is 1. The van der Waals surface area contributed by atoms with Crippen LogP contribution in [0.4, 0.5) is 0 Å². The molecule has 0 aliphatic carbocycles. The quantitative estimate of drug-likeness (QED) is 0.473. The minimum Gasteiger partial charge on any atom is -0.497 e. The summed E-state index contributed by atoms with van der Waals surface area (Å²) in [6.45, 7) is 0.205. The zero-order valence-corrected chi connectivity index (χ0v) is 18.9. The van der Waals surface area contributed by atoms with Gasteiger partial charge in [0, 0.05) is 19.5 Å². The Morgan fingerprint density at radius 1 is 0.938 bits per heavy atom. The van der Waals surface area contributed by atoms with Crippen molar-refractivity contribution in [2.45, 2.75) is 19.4 Å². The summed E-state index contributed by atoms with van der Waals surface area (Å²) in [6, 6.07) is 11.0. The van der Waals surface area contributed by atoms with Crippen LogP contribution >= 0.6 is 0 Å². The Morgan fingerprint density at radius 2 is 1.69 bits per heavy atom. The molecule has 1 aromatic heterocycles. The van der Waals surface area contributed by atoms with Crippen LogP contribution in [0.2, 0.25) is 0 Å².